The highest BCUT2D eigenvalue weighted by Crippen LogP contribution is 2.26. The Morgan fingerprint density at radius 3 is 2.00 bits per heavy atom. The van der Waals surface area contributed by atoms with E-state index in [0.29, 0.717) is 0 Å². The first kappa shape index (κ1) is 36.1. The molecule has 0 aliphatic heterocycles. The van der Waals surface area contributed by atoms with Crippen LogP contribution in [-0.2, 0) is 13.1 Å². The third kappa shape index (κ3) is 12.2. The second-order valence-electron chi connectivity index (χ2n) is 8.71. The minimum absolute atomic E-state index is 0.0364. The summed E-state index contributed by atoms with van der Waals surface area (Å²) < 4.78 is 5.62. The molecule has 0 saturated heterocycles. The number of aromatic nitrogens is 2. The maximum atomic E-state index is 4.67. The highest BCUT2D eigenvalue weighted by atomic mass is 32.2. The highest BCUT2D eigenvalue weighted by Gasteiger charge is 2.17. The summed E-state index contributed by atoms with van der Waals surface area (Å²) in [5.74, 6) is 5.32. The third-order valence-corrected chi connectivity index (χ3v) is 7.50. The van der Waals surface area contributed by atoms with Gasteiger partial charge in [0.2, 0.25) is 0 Å². The molecule has 0 bridgehead atoms. The molecule has 3 rings (SSSR count). The number of nitrogens with one attached hydrogen (secondary N) is 2. The van der Waals surface area contributed by atoms with Gasteiger partial charge in [0.25, 0.3) is 0 Å². The predicted molar refractivity (Wildman–Crippen MR) is 178 cm³/mol. The van der Waals surface area contributed by atoms with E-state index >= 15 is 0 Å². The average Bonchev–Trinajstić information content (AvgIpc) is 3.31. The van der Waals surface area contributed by atoms with Crippen molar-refractivity contribution >= 4 is 22.1 Å². The number of rotatable bonds is 12. The largest absolute Gasteiger partial charge is 0.291 e. The van der Waals surface area contributed by atoms with Gasteiger partial charge in [0.15, 0.2) is 0 Å². The van der Waals surface area contributed by atoms with Crippen molar-refractivity contribution in [3.8, 4) is 12.8 Å². The van der Waals surface area contributed by atoms with Crippen molar-refractivity contribution in [3.05, 3.63) is 94.8 Å². The summed E-state index contributed by atoms with van der Waals surface area (Å²) >= 11 is 0. The van der Waals surface area contributed by atoms with Crippen LogP contribution in [0.15, 0.2) is 61.3 Å². The van der Waals surface area contributed by atoms with Crippen LogP contribution in [0.2, 0.25) is 0 Å². The van der Waals surface area contributed by atoms with Crippen molar-refractivity contribution in [2.24, 2.45) is 0 Å². The second kappa shape index (κ2) is 21.0. The molecule has 0 spiro atoms. The van der Waals surface area contributed by atoms with Crippen LogP contribution < -0.4 is 10.0 Å². The second-order valence-corrected chi connectivity index (χ2v) is 10.4. The molecule has 2 aromatic carbocycles. The summed E-state index contributed by atoms with van der Waals surface area (Å²) in [4.78, 5) is 0. The summed E-state index contributed by atoms with van der Waals surface area (Å²) in [6, 6.07) is 17.3. The Morgan fingerprint density at radius 1 is 0.923 bits per heavy atom. The Labute approximate surface area is 242 Å². The van der Waals surface area contributed by atoms with E-state index in [9.17, 15) is 0 Å². The third-order valence-electron chi connectivity index (χ3n) is 6.05. The predicted octanol–water partition coefficient (Wildman–Crippen LogP) is 8.62. The van der Waals surface area contributed by atoms with Crippen LogP contribution in [-0.4, -0.2) is 21.4 Å². The molecule has 0 saturated carbocycles. The van der Waals surface area contributed by atoms with Crippen molar-refractivity contribution in [1.29, 1.82) is 0 Å². The number of aryl methyl sites for hydroxylation is 2. The van der Waals surface area contributed by atoms with Gasteiger partial charge in [0.05, 0.1) is 6.20 Å². The van der Waals surface area contributed by atoms with Gasteiger partial charge in [-0.25, -0.2) is 0 Å². The molecule has 0 radical (unpaired) electrons. The van der Waals surface area contributed by atoms with Crippen LogP contribution in [0.1, 0.15) is 87.1 Å². The van der Waals surface area contributed by atoms with E-state index in [1.807, 2.05) is 33.9 Å². The normalized spacial score (nSPS) is 11.4. The van der Waals surface area contributed by atoms with Gasteiger partial charge < -0.3 is 0 Å². The number of hydrogen-bond donors (Lipinski definition) is 2. The van der Waals surface area contributed by atoms with Crippen LogP contribution >= 0.6 is 10.7 Å². The molecule has 2 N–H and O–H groups in total. The first-order valence-corrected chi connectivity index (χ1v) is 15.6. The lowest BCUT2D eigenvalue weighted by Gasteiger charge is -2.23. The molecule has 1 heterocycles. The van der Waals surface area contributed by atoms with E-state index in [4.69, 9.17) is 0 Å². The first-order valence-electron chi connectivity index (χ1n) is 14.0. The monoisotopic (exact) mass is 548 g/mol. The number of terminal acetylenes is 1. The highest BCUT2D eigenvalue weighted by molar-refractivity contribution is 8.12. The van der Waals surface area contributed by atoms with E-state index < -0.39 is 0 Å². The molecule has 5 heteroatoms. The first-order chi connectivity index (χ1) is 18.9. The Morgan fingerprint density at radius 2 is 1.49 bits per heavy atom. The molecule has 4 nitrogen and oxygen atoms in total. The molecule has 3 aromatic rings. The van der Waals surface area contributed by atoms with Crippen LogP contribution in [0.4, 0.5) is 0 Å². The van der Waals surface area contributed by atoms with Gasteiger partial charge in [-0.05, 0) is 60.6 Å². The lowest BCUT2D eigenvalue weighted by molar-refractivity contribution is 0.368. The molecule has 0 fully saturated rings. The van der Waals surface area contributed by atoms with Gasteiger partial charge in [0.1, 0.15) is 6.17 Å². The minimum Gasteiger partial charge on any atom is -0.291 e. The number of benzene rings is 2. The standard InChI is InChI=1S/C28H38N4S.2C2H6.C2H2/c1-7-16-33(6)31-20-26-14-12-25(13-15-26)19-29-28(32-24(5)23(4)18-30-32)17-22(3)27-11-9-8-10-21(27)2;3*1-2/h8-15,18,28-29,31H,3,6-7,16-17,19-20H2,1-2,4-5H3;2*1-2H3;1-2H. The summed E-state index contributed by atoms with van der Waals surface area (Å²) in [6.45, 7) is 22.6. The van der Waals surface area contributed by atoms with Crippen LogP contribution in [0.25, 0.3) is 5.57 Å². The zero-order valence-electron chi connectivity index (χ0n) is 25.7. The lowest BCUT2D eigenvalue weighted by Crippen LogP contribution is -2.28. The van der Waals surface area contributed by atoms with E-state index in [-0.39, 0.29) is 16.8 Å². The van der Waals surface area contributed by atoms with Gasteiger partial charge in [-0.15, -0.1) is 23.5 Å². The van der Waals surface area contributed by atoms with Crippen LogP contribution in [0.3, 0.4) is 0 Å². The average molecular weight is 549 g/mol. The summed E-state index contributed by atoms with van der Waals surface area (Å²) in [6.07, 6.45) is 11.9. The fraction of sp³-hybridized carbons (Fsp3) is 0.412. The number of nitrogens with zero attached hydrogens (tertiary/aromatic N) is 2. The molecule has 2 unspecified atom stereocenters. The van der Waals surface area contributed by atoms with E-state index in [2.05, 4.69) is 121 Å². The smallest absolute Gasteiger partial charge is 0.106 e. The Balaban J connectivity index is 0.00000225. The summed E-state index contributed by atoms with van der Waals surface area (Å²) in [7, 11) is 0.0392. The van der Waals surface area contributed by atoms with Gasteiger partial charge in [-0.2, -0.15) is 5.10 Å². The topological polar surface area (TPSA) is 41.9 Å². The van der Waals surface area contributed by atoms with Crippen LogP contribution in [0, 0.1) is 33.6 Å². The minimum atomic E-state index is 0.0364. The Hall–Kier alpha value is -2.91. The summed E-state index contributed by atoms with van der Waals surface area (Å²) in [5.41, 5.74) is 8.52. The maximum Gasteiger partial charge on any atom is 0.106 e. The number of hydrogen-bond acceptors (Lipinski definition) is 3. The van der Waals surface area contributed by atoms with E-state index in [1.165, 1.54) is 33.5 Å². The molecule has 2 atom stereocenters. The van der Waals surface area contributed by atoms with Crippen molar-refractivity contribution in [1.82, 2.24) is 19.8 Å². The molecule has 0 aliphatic rings. The molecular formula is C34H52N4S. The van der Waals surface area contributed by atoms with Crippen LogP contribution in [0.5, 0.6) is 0 Å². The molecule has 0 amide bonds. The van der Waals surface area contributed by atoms with Gasteiger partial charge in [-0.1, -0.05) is 95.6 Å². The van der Waals surface area contributed by atoms with Gasteiger partial charge >= 0.3 is 0 Å². The molecule has 39 heavy (non-hydrogen) atoms. The van der Waals surface area contributed by atoms with E-state index in [1.54, 1.807) is 0 Å². The van der Waals surface area contributed by atoms with Crippen molar-refractivity contribution < 1.29 is 0 Å². The van der Waals surface area contributed by atoms with Crippen molar-refractivity contribution in [2.75, 3.05) is 5.75 Å². The van der Waals surface area contributed by atoms with Crippen molar-refractivity contribution in [3.63, 3.8) is 0 Å². The van der Waals surface area contributed by atoms with Gasteiger partial charge in [0, 0.05) is 31.0 Å². The zero-order valence-corrected chi connectivity index (χ0v) is 26.5. The van der Waals surface area contributed by atoms with Gasteiger partial charge in [-0.3, -0.25) is 14.7 Å². The quantitative estimate of drug-likeness (QED) is 0.176. The molecule has 0 aliphatic carbocycles. The van der Waals surface area contributed by atoms with Crippen molar-refractivity contribution in [2.45, 2.75) is 87.5 Å². The fourth-order valence-electron chi connectivity index (χ4n) is 3.90. The molecule has 1 aromatic heterocycles. The zero-order chi connectivity index (χ0) is 29.8. The molecular weight excluding hydrogens is 496 g/mol. The summed E-state index contributed by atoms with van der Waals surface area (Å²) in [5, 5.41) is 8.40. The maximum absolute atomic E-state index is 4.67. The Kier molecular flexibility index (Phi) is 19.4. The SMILES string of the molecule is C#C.C=C(CC(NCc1ccc(CNS(=C)CCC)cc1)n1ncc(C)c1C)c1ccccc1C.CC.CC. The lowest BCUT2D eigenvalue weighted by atomic mass is 9.98. The molecule has 214 valence electrons. The van der Waals surface area contributed by atoms with E-state index in [0.717, 1.165) is 37.3 Å². The Bertz CT molecular complexity index is 1130. The fourth-order valence-corrected chi connectivity index (χ4v) is 4.90.